The Morgan fingerprint density at radius 3 is 2.30 bits per heavy atom. The Kier molecular flexibility index (Phi) is 3.47. The molecule has 0 aromatic heterocycles. The number of hydrogen-bond acceptors (Lipinski definition) is 0. The van der Waals surface area contributed by atoms with Crippen LogP contribution in [0.5, 0.6) is 0 Å². The van der Waals surface area contributed by atoms with Gasteiger partial charge in [-0.15, -0.1) is 0 Å². The van der Waals surface area contributed by atoms with Crippen LogP contribution in [0, 0.1) is 0 Å². The summed E-state index contributed by atoms with van der Waals surface area (Å²) in [6.07, 6.45) is -0.411. The van der Waals surface area contributed by atoms with E-state index < -0.39 is 5.92 Å². The van der Waals surface area contributed by atoms with E-state index in [1.807, 2.05) is 0 Å². The average Bonchev–Trinajstić information content (AvgIpc) is 2.39. The highest BCUT2D eigenvalue weighted by Crippen LogP contribution is 2.44. The molecule has 0 heterocycles. The zero-order valence-electron chi connectivity index (χ0n) is 10.5. The van der Waals surface area contributed by atoms with Crippen molar-refractivity contribution >= 4 is 23.2 Å². The van der Waals surface area contributed by atoms with Crippen LogP contribution in [0.25, 0.3) is 0 Å². The number of benzene rings is 2. The van der Waals surface area contributed by atoms with Crippen LogP contribution in [0.2, 0.25) is 10.0 Å². The molecule has 2 aromatic carbocycles. The van der Waals surface area contributed by atoms with E-state index in [0.717, 1.165) is 11.1 Å². The van der Waals surface area contributed by atoms with Crippen molar-refractivity contribution < 1.29 is 8.78 Å². The molecule has 0 nitrogen and oxygen atoms in total. The summed E-state index contributed by atoms with van der Waals surface area (Å²) < 4.78 is 27.9. The topological polar surface area (TPSA) is 0 Å². The molecular weight excluding hydrogens is 301 g/mol. The smallest absolute Gasteiger partial charge is 0.206 e. The Balaban J connectivity index is 2.10. The summed E-state index contributed by atoms with van der Waals surface area (Å²) in [4.78, 5) is 0. The summed E-state index contributed by atoms with van der Waals surface area (Å²) in [6.45, 7) is 0. The predicted octanol–water partition coefficient (Wildman–Crippen LogP) is 5.71. The van der Waals surface area contributed by atoms with Gasteiger partial charge in [0.15, 0.2) is 0 Å². The van der Waals surface area contributed by atoms with Gasteiger partial charge in [0.25, 0.3) is 5.92 Å². The molecule has 1 unspecified atom stereocenters. The predicted molar refractivity (Wildman–Crippen MR) is 78.0 cm³/mol. The van der Waals surface area contributed by atoms with Crippen molar-refractivity contribution in [1.29, 1.82) is 0 Å². The Morgan fingerprint density at radius 2 is 1.60 bits per heavy atom. The first kappa shape index (κ1) is 13.8. The highest BCUT2D eigenvalue weighted by atomic mass is 35.5. The molecule has 0 N–H and O–H groups in total. The van der Waals surface area contributed by atoms with E-state index in [1.165, 1.54) is 0 Å². The Hall–Kier alpha value is -1.12. The molecule has 1 aliphatic carbocycles. The molecule has 0 fully saturated rings. The molecule has 0 saturated heterocycles. The van der Waals surface area contributed by atoms with Crippen molar-refractivity contribution in [3.63, 3.8) is 0 Å². The highest BCUT2D eigenvalue weighted by Gasteiger charge is 2.40. The number of fused-ring (bicyclic) bond motifs is 1. The van der Waals surface area contributed by atoms with Crippen molar-refractivity contribution in [2.75, 3.05) is 0 Å². The monoisotopic (exact) mass is 312 g/mol. The summed E-state index contributed by atoms with van der Waals surface area (Å²) in [5.74, 6) is -3.03. The quantitative estimate of drug-likeness (QED) is 0.633. The Labute approximate surface area is 126 Å². The lowest BCUT2D eigenvalue weighted by atomic mass is 9.77. The lowest BCUT2D eigenvalue weighted by Gasteiger charge is -2.32. The molecule has 0 amide bonds. The fraction of sp³-hybridized carbons (Fsp3) is 0.250. The number of hydrogen-bond donors (Lipinski definition) is 0. The van der Waals surface area contributed by atoms with Gasteiger partial charge < -0.3 is 0 Å². The van der Waals surface area contributed by atoms with Crippen LogP contribution in [-0.4, -0.2) is 5.92 Å². The van der Waals surface area contributed by atoms with E-state index in [2.05, 4.69) is 0 Å². The van der Waals surface area contributed by atoms with Gasteiger partial charge in [-0.05, 0) is 41.0 Å². The molecule has 0 radical (unpaired) electrons. The van der Waals surface area contributed by atoms with Crippen LogP contribution in [0.3, 0.4) is 0 Å². The summed E-state index contributed by atoms with van der Waals surface area (Å²) in [5, 5.41) is 1.18. The van der Waals surface area contributed by atoms with Gasteiger partial charge in [0.05, 0.1) is 0 Å². The normalized spacial score (nSPS) is 20.5. The number of halogens is 4. The van der Waals surface area contributed by atoms with E-state index in [1.54, 1.807) is 42.5 Å². The molecule has 0 aliphatic heterocycles. The Morgan fingerprint density at radius 1 is 0.950 bits per heavy atom. The maximum atomic E-state index is 13.9. The van der Waals surface area contributed by atoms with Gasteiger partial charge in [-0.25, -0.2) is 8.78 Å². The van der Waals surface area contributed by atoms with E-state index in [4.69, 9.17) is 23.2 Å². The van der Waals surface area contributed by atoms with Crippen LogP contribution >= 0.6 is 23.2 Å². The second-order valence-electron chi connectivity index (χ2n) is 5.18. The van der Waals surface area contributed by atoms with Crippen LogP contribution in [0.1, 0.15) is 29.0 Å². The summed E-state index contributed by atoms with van der Waals surface area (Å²) >= 11 is 11.9. The number of rotatable bonds is 1. The lowest BCUT2D eigenvalue weighted by Crippen LogP contribution is -2.29. The molecule has 1 atom stereocenters. The van der Waals surface area contributed by atoms with Gasteiger partial charge in [-0.2, -0.15) is 0 Å². The SMILES string of the molecule is FC1(F)Cc2ccc(Cl)cc2C(c2ccc(Cl)cc2)C1. The van der Waals surface area contributed by atoms with Crippen molar-refractivity contribution in [3.05, 3.63) is 69.2 Å². The fourth-order valence-electron chi connectivity index (χ4n) is 2.80. The Bertz CT molecular complexity index is 635. The minimum atomic E-state index is -2.69. The van der Waals surface area contributed by atoms with E-state index in [0.29, 0.717) is 15.6 Å². The molecule has 0 bridgehead atoms. The third kappa shape index (κ3) is 2.68. The van der Waals surface area contributed by atoms with Crippen LogP contribution in [0.15, 0.2) is 42.5 Å². The molecular formula is C16H12Cl2F2. The second-order valence-corrected chi connectivity index (χ2v) is 6.06. The van der Waals surface area contributed by atoms with Gasteiger partial charge in [-0.1, -0.05) is 41.4 Å². The fourth-order valence-corrected chi connectivity index (χ4v) is 3.11. The summed E-state index contributed by atoms with van der Waals surface area (Å²) in [7, 11) is 0. The maximum absolute atomic E-state index is 13.9. The third-order valence-corrected chi connectivity index (χ3v) is 4.19. The van der Waals surface area contributed by atoms with Crippen molar-refractivity contribution in [2.45, 2.75) is 24.7 Å². The zero-order chi connectivity index (χ0) is 14.3. The van der Waals surface area contributed by atoms with E-state index in [9.17, 15) is 8.78 Å². The lowest BCUT2D eigenvalue weighted by molar-refractivity contribution is -0.0170. The first-order valence-electron chi connectivity index (χ1n) is 6.36. The van der Waals surface area contributed by atoms with Gasteiger partial charge in [0, 0.05) is 28.8 Å². The van der Waals surface area contributed by atoms with Gasteiger partial charge in [0.1, 0.15) is 0 Å². The molecule has 0 saturated carbocycles. The molecule has 0 spiro atoms. The third-order valence-electron chi connectivity index (χ3n) is 3.71. The largest absolute Gasteiger partial charge is 0.253 e. The highest BCUT2D eigenvalue weighted by molar-refractivity contribution is 6.30. The van der Waals surface area contributed by atoms with Gasteiger partial charge in [0.2, 0.25) is 0 Å². The molecule has 2 aromatic rings. The van der Waals surface area contributed by atoms with Crippen LogP contribution in [-0.2, 0) is 6.42 Å². The van der Waals surface area contributed by atoms with Gasteiger partial charge >= 0.3 is 0 Å². The molecule has 20 heavy (non-hydrogen) atoms. The number of alkyl halides is 2. The zero-order valence-corrected chi connectivity index (χ0v) is 12.1. The minimum absolute atomic E-state index is 0.192. The average molecular weight is 313 g/mol. The minimum Gasteiger partial charge on any atom is -0.206 e. The molecule has 1 aliphatic rings. The summed E-state index contributed by atoms with van der Waals surface area (Å²) in [5.41, 5.74) is 2.41. The van der Waals surface area contributed by atoms with Crippen LogP contribution < -0.4 is 0 Å². The van der Waals surface area contributed by atoms with Crippen molar-refractivity contribution in [3.8, 4) is 0 Å². The standard InChI is InChI=1S/C16H12Cl2F2/c17-12-4-1-10(2-5-12)15-9-16(19,20)8-11-3-6-13(18)7-14(11)15/h1-7,15H,8-9H2. The molecule has 4 heteroatoms. The van der Waals surface area contributed by atoms with E-state index in [-0.39, 0.29) is 18.8 Å². The maximum Gasteiger partial charge on any atom is 0.253 e. The van der Waals surface area contributed by atoms with Crippen molar-refractivity contribution in [2.24, 2.45) is 0 Å². The van der Waals surface area contributed by atoms with E-state index >= 15 is 0 Å². The van der Waals surface area contributed by atoms with Crippen LogP contribution in [0.4, 0.5) is 8.78 Å². The first-order valence-corrected chi connectivity index (χ1v) is 7.12. The second kappa shape index (κ2) is 5.01. The van der Waals surface area contributed by atoms with Crippen molar-refractivity contribution in [1.82, 2.24) is 0 Å². The molecule has 3 rings (SSSR count). The first-order chi connectivity index (χ1) is 9.44. The van der Waals surface area contributed by atoms with Gasteiger partial charge in [-0.3, -0.25) is 0 Å². The molecule has 104 valence electrons. The summed E-state index contributed by atoms with van der Waals surface area (Å²) in [6, 6.07) is 12.2.